The molecule has 1 saturated carbocycles. The van der Waals surface area contributed by atoms with Gasteiger partial charge in [-0.15, -0.1) is 0 Å². The Morgan fingerprint density at radius 2 is 2.07 bits per heavy atom. The van der Waals surface area contributed by atoms with Crippen LogP contribution in [-0.4, -0.2) is 16.8 Å². The maximum atomic E-state index is 11.8. The molecule has 0 aromatic carbocycles. The van der Waals surface area contributed by atoms with Gasteiger partial charge in [-0.3, -0.25) is 4.79 Å². The van der Waals surface area contributed by atoms with E-state index in [4.69, 9.17) is 0 Å². The molecule has 1 aliphatic rings. The summed E-state index contributed by atoms with van der Waals surface area (Å²) in [6.45, 7) is 4.05. The van der Waals surface area contributed by atoms with Crippen LogP contribution in [0.4, 0.5) is 0 Å². The smallest absolute Gasteiger partial charge is 0.223 e. The van der Waals surface area contributed by atoms with Crippen molar-refractivity contribution in [1.82, 2.24) is 5.32 Å². The molecule has 0 saturated heterocycles. The minimum atomic E-state index is 0.0561. The van der Waals surface area contributed by atoms with Gasteiger partial charge in [0.05, 0.1) is 0 Å². The number of hydrogen-bond acceptors (Lipinski definition) is 1. The summed E-state index contributed by atoms with van der Waals surface area (Å²) in [4.78, 5) is 11.8. The largest absolute Gasteiger partial charge is 0.350 e. The fraction of sp³-hybridized carbons (Fsp3) is 0.909. The van der Waals surface area contributed by atoms with Gasteiger partial charge in [0.25, 0.3) is 0 Å². The van der Waals surface area contributed by atoms with Crippen molar-refractivity contribution >= 4 is 21.8 Å². The number of nitrogens with one attached hydrogen (secondary N) is 1. The lowest BCUT2D eigenvalue weighted by atomic mass is 9.98. The number of rotatable bonds is 4. The Bertz CT molecular complexity index is 199. The van der Waals surface area contributed by atoms with E-state index in [1.54, 1.807) is 0 Å². The molecule has 0 spiro atoms. The van der Waals surface area contributed by atoms with Gasteiger partial charge in [0.15, 0.2) is 0 Å². The molecule has 82 valence electrons. The van der Waals surface area contributed by atoms with Crippen LogP contribution in [0.25, 0.3) is 0 Å². The van der Waals surface area contributed by atoms with E-state index in [0.29, 0.717) is 0 Å². The summed E-state index contributed by atoms with van der Waals surface area (Å²) in [5, 5.41) is 4.10. The molecule has 0 bridgehead atoms. The van der Waals surface area contributed by atoms with Crippen LogP contribution in [-0.2, 0) is 4.79 Å². The van der Waals surface area contributed by atoms with E-state index in [-0.39, 0.29) is 17.4 Å². The first-order valence-electron chi connectivity index (χ1n) is 5.51. The molecule has 1 aliphatic carbocycles. The molecule has 1 atom stereocenters. The van der Waals surface area contributed by atoms with Gasteiger partial charge >= 0.3 is 0 Å². The van der Waals surface area contributed by atoms with Crippen molar-refractivity contribution in [3.63, 3.8) is 0 Å². The van der Waals surface area contributed by atoms with Crippen molar-refractivity contribution in [2.24, 2.45) is 5.92 Å². The number of hydrogen-bond donors (Lipinski definition) is 1. The molecule has 14 heavy (non-hydrogen) atoms. The van der Waals surface area contributed by atoms with Gasteiger partial charge in [-0.1, -0.05) is 42.6 Å². The molecule has 1 amide bonds. The minimum absolute atomic E-state index is 0.0561. The summed E-state index contributed by atoms with van der Waals surface area (Å²) >= 11 is 3.52. The Morgan fingerprint density at radius 3 is 2.50 bits per heavy atom. The first-order valence-corrected chi connectivity index (χ1v) is 6.63. The summed E-state index contributed by atoms with van der Waals surface area (Å²) < 4.78 is 0. The summed E-state index contributed by atoms with van der Waals surface area (Å²) in [6, 6.07) is 0. The second-order valence-electron chi connectivity index (χ2n) is 4.42. The van der Waals surface area contributed by atoms with E-state index >= 15 is 0 Å². The van der Waals surface area contributed by atoms with Gasteiger partial charge in [0.2, 0.25) is 5.91 Å². The highest BCUT2D eigenvalue weighted by atomic mass is 79.9. The van der Waals surface area contributed by atoms with Gasteiger partial charge in [-0.25, -0.2) is 0 Å². The Hall–Kier alpha value is -0.0500. The average Bonchev–Trinajstić information content (AvgIpc) is 2.65. The lowest BCUT2D eigenvalue weighted by Gasteiger charge is -2.29. The number of carbonyl (C=O) groups excluding carboxylic acids is 1. The van der Waals surface area contributed by atoms with Crippen LogP contribution >= 0.6 is 15.9 Å². The van der Waals surface area contributed by atoms with E-state index in [9.17, 15) is 4.79 Å². The van der Waals surface area contributed by atoms with Crippen molar-refractivity contribution in [2.75, 3.05) is 5.33 Å². The van der Waals surface area contributed by atoms with E-state index < -0.39 is 0 Å². The van der Waals surface area contributed by atoms with Crippen molar-refractivity contribution < 1.29 is 4.79 Å². The summed E-state index contributed by atoms with van der Waals surface area (Å²) in [6.07, 6.45) is 5.66. The fourth-order valence-electron chi connectivity index (χ4n) is 1.91. The molecule has 0 aliphatic heterocycles. The summed E-state index contributed by atoms with van der Waals surface area (Å²) in [5.74, 6) is 0.361. The summed E-state index contributed by atoms with van der Waals surface area (Å²) in [7, 11) is 0. The minimum Gasteiger partial charge on any atom is -0.350 e. The SMILES string of the molecule is CCC(C)C(=O)NC1(CBr)CCCC1. The predicted octanol–water partition coefficient (Wildman–Crippen LogP) is 2.86. The van der Waals surface area contributed by atoms with Gasteiger partial charge in [-0.2, -0.15) is 0 Å². The maximum absolute atomic E-state index is 11.8. The topological polar surface area (TPSA) is 29.1 Å². The number of alkyl halides is 1. The quantitative estimate of drug-likeness (QED) is 0.775. The van der Waals surface area contributed by atoms with Crippen LogP contribution in [0.5, 0.6) is 0 Å². The van der Waals surface area contributed by atoms with Crippen LogP contribution in [0.3, 0.4) is 0 Å². The van der Waals surface area contributed by atoms with Gasteiger partial charge in [0, 0.05) is 16.8 Å². The third-order valence-electron chi connectivity index (χ3n) is 3.26. The first kappa shape index (κ1) is 12.0. The highest BCUT2D eigenvalue weighted by Crippen LogP contribution is 2.31. The monoisotopic (exact) mass is 261 g/mol. The van der Waals surface area contributed by atoms with Crippen LogP contribution in [0.2, 0.25) is 0 Å². The van der Waals surface area contributed by atoms with Crippen LogP contribution < -0.4 is 5.32 Å². The molecular weight excluding hydrogens is 242 g/mol. The molecule has 3 heteroatoms. The molecule has 1 N–H and O–H groups in total. The van der Waals surface area contributed by atoms with Gasteiger partial charge in [0.1, 0.15) is 0 Å². The van der Waals surface area contributed by atoms with Gasteiger partial charge in [-0.05, 0) is 19.3 Å². The number of halogens is 1. The molecule has 1 unspecified atom stereocenters. The second-order valence-corrected chi connectivity index (χ2v) is 4.98. The first-order chi connectivity index (χ1) is 6.63. The lowest BCUT2D eigenvalue weighted by molar-refractivity contribution is -0.126. The molecular formula is C11H20BrNO. The van der Waals surface area contributed by atoms with E-state index in [0.717, 1.165) is 24.6 Å². The third-order valence-corrected chi connectivity index (χ3v) is 4.34. The standard InChI is InChI=1S/C11H20BrNO/c1-3-9(2)10(14)13-11(8-12)6-4-5-7-11/h9H,3-8H2,1-2H3,(H,13,14). The highest BCUT2D eigenvalue weighted by Gasteiger charge is 2.34. The molecule has 0 aromatic rings. The molecule has 0 radical (unpaired) electrons. The molecule has 0 aromatic heterocycles. The Balaban J connectivity index is 2.52. The Kier molecular flexibility index (Phi) is 4.42. The number of carbonyl (C=O) groups is 1. The third kappa shape index (κ3) is 2.72. The van der Waals surface area contributed by atoms with Crippen LogP contribution in [0.1, 0.15) is 46.0 Å². The zero-order chi connectivity index (χ0) is 10.6. The molecule has 1 fully saturated rings. The summed E-state index contributed by atoms with van der Waals surface area (Å²) in [5.41, 5.74) is 0.0561. The van der Waals surface area contributed by atoms with Crippen LogP contribution in [0.15, 0.2) is 0 Å². The van der Waals surface area contributed by atoms with Crippen molar-refractivity contribution in [2.45, 2.75) is 51.5 Å². The normalized spacial score (nSPS) is 21.9. The molecule has 0 heterocycles. The van der Waals surface area contributed by atoms with E-state index in [1.165, 1.54) is 12.8 Å². The second kappa shape index (κ2) is 5.15. The van der Waals surface area contributed by atoms with Crippen LogP contribution in [0, 0.1) is 5.92 Å². The zero-order valence-electron chi connectivity index (χ0n) is 9.11. The Labute approximate surface area is 95.0 Å². The lowest BCUT2D eigenvalue weighted by Crippen LogP contribution is -2.49. The zero-order valence-corrected chi connectivity index (χ0v) is 10.7. The average molecular weight is 262 g/mol. The van der Waals surface area contributed by atoms with Crippen molar-refractivity contribution in [3.8, 4) is 0 Å². The van der Waals surface area contributed by atoms with Crippen molar-refractivity contribution in [1.29, 1.82) is 0 Å². The molecule has 2 nitrogen and oxygen atoms in total. The fourth-order valence-corrected chi connectivity index (χ4v) is 2.61. The van der Waals surface area contributed by atoms with E-state index in [1.807, 2.05) is 6.92 Å². The van der Waals surface area contributed by atoms with Gasteiger partial charge < -0.3 is 5.32 Å². The van der Waals surface area contributed by atoms with E-state index in [2.05, 4.69) is 28.2 Å². The molecule has 1 rings (SSSR count). The number of amides is 1. The Morgan fingerprint density at radius 1 is 1.50 bits per heavy atom. The maximum Gasteiger partial charge on any atom is 0.223 e. The predicted molar refractivity (Wildman–Crippen MR) is 62.6 cm³/mol. The highest BCUT2D eigenvalue weighted by molar-refractivity contribution is 9.09. The van der Waals surface area contributed by atoms with Crippen molar-refractivity contribution in [3.05, 3.63) is 0 Å².